The highest BCUT2D eigenvalue weighted by atomic mass is 16.8. The predicted molar refractivity (Wildman–Crippen MR) is 83.9 cm³/mol. The number of allylic oxidation sites excluding steroid dienone is 2. The smallest absolute Gasteiger partial charge is 0.428 e. The van der Waals surface area contributed by atoms with E-state index in [1.54, 1.807) is 0 Å². The van der Waals surface area contributed by atoms with Crippen LogP contribution in [0.1, 0.15) is 12.0 Å². The summed E-state index contributed by atoms with van der Waals surface area (Å²) >= 11 is 0. The van der Waals surface area contributed by atoms with Crippen LogP contribution in [0.2, 0.25) is 0 Å². The molecule has 1 aromatic rings. The van der Waals surface area contributed by atoms with Crippen LogP contribution in [0.15, 0.2) is 36.4 Å². The number of ether oxygens (including phenoxy) is 1. The molecule has 0 unspecified atom stereocenters. The van der Waals surface area contributed by atoms with Crippen LogP contribution in [0, 0.1) is 33.8 Å². The molecule has 1 aromatic carbocycles. The normalized spacial score (nSPS) is 28.4. The van der Waals surface area contributed by atoms with Gasteiger partial charge in [-0.3, -0.25) is 24.5 Å². The van der Waals surface area contributed by atoms with E-state index in [4.69, 9.17) is 9.57 Å². The Morgan fingerprint density at radius 2 is 1.69 bits per heavy atom. The zero-order chi connectivity index (χ0) is 18.4. The molecule has 1 saturated heterocycles. The first-order valence-electron chi connectivity index (χ1n) is 8.10. The van der Waals surface area contributed by atoms with Crippen LogP contribution in [-0.2, 0) is 25.8 Å². The second-order valence-corrected chi connectivity index (χ2v) is 6.52. The number of non-ortho nitro benzene ring substituents is 1. The fourth-order valence-corrected chi connectivity index (χ4v) is 3.92. The van der Waals surface area contributed by atoms with Gasteiger partial charge in [0, 0.05) is 12.1 Å². The Balaban J connectivity index is 1.35. The van der Waals surface area contributed by atoms with Gasteiger partial charge in [-0.05, 0) is 36.0 Å². The number of carbonyl (C=O) groups is 3. The Morgan fingerprint density at radius 1 is 1.12 bits per heavy atom. The molecule has 1 heterocycles. The second-order valence-electron chi connectivity index (χ2n) is 6.52. The summed E-state index contributed by atoms with van der Waals surface area (Å²) in [5.74, 6) is -1.90. The first-order chi connectivity index (χ1) is 12.5. The number of carbonyl (C=O) groups excluding carboxylic acids is 3. The van der Waals surface area contributed by atoms with Crippen molar-refractivity contribution in [2.24, 2.45) is 23.7 Å². The van der Waals surface area contributed by atoms with E-state index < -0.39 is 34.7 Å². The largest absolute Gasteiger partial charge is 0.534 e. The Morgan fingerprint density at radius 3 is 2.23 bits per heavy atom. The predicted octanol–water partition coefficient (Wildman–Crippen LogP) is 1.97. The third-order valence-electron chi connectivity index (χ3n) is 5.10. The standard InChI is InChI=1S/C17H14N2O7/c20-15-13-10-3-4-11(7-10)14(13)16(21)18(15)26-17(22)25-8-9-1-5-12(6-2-9)19(23)24/h1-6,10-11,13-14H,7-8H2/t10-,11-,13-,14-/m0/s1. The lowest BCUT2D eigenvalue weighted by atomic mass is 9.85. The molecule has 1 saturated carbocycles. The minimum atomic E-state index is -1.18. The first kappa shape index (κ1) is 16.2. The molecule has 26 heavy (non-hydrogen) atoms. The maximum Gasteiger partial charge on any atom is 0.534 e. The molecular weight excluding hydrogens is 344 g/mol. The van der Waals surface area contributed by atoms with Gasteiger partial charge in [0.1, 0.15) is 6.61 Å². The van der Waals surface area contributed by atoms with Gasteiger partial charge >= 0.3 is 6.16 Å². The summed E-state index contributed by atoms with van der Waals surface area (Å²) in [6.07, 6.45) is 3.48. The van der Waals surface area contributed by atoms with E-state index in [-0.39, 0.29) is 24.1 Å². The number of benzene rings is 1. The third kappa shape index (κ3) is 2.52. The Kier molecular flexibility index (Phi) is 3.71. The van der Waals surface area contributed by atoms with Crippen molar-refractivity contribution in [3.05, 3.63) is 52.1 Å². The maximum absolute atomic E-state index is 12.4. The number of nitrogens with zero attached hydrogens (tertiary/aromatic N) is 2. The number of amides is 2. The number of nitro groups is 1. The average Bonchev–Trinajstić information content (AvgIpc) is 3.30. The van der Waals surface area contributed by atoms with Gasteiger partial charge in [0.05, 0.1) is 16.8 Å². The highest BCUT2D eigenvalue weighted by molar-refractivity contribution is 6.05. The Hall–Kier alpha value is -3.23. The van der Waals surface area contributed by atoms with Crippen LogP contribution < -0.4 is 0 Å². The summed E-state index contributed by atoms with van der Waals surface area (Å²) in [7, 11) is 0. The molecule has 2 fully saturated rings. The second kappa shape index (κ2) is 5.94. The summed E-state index contributed by atoms with van der Waals surface area (Å²) in [5, 5.41) is 11.1. The monoisotopic (exact) mass is 358 g/mol. The zero-order valence-corrected chi connectivity index (χ0v) is 13.4. The first-order valence-corrected chi connectivity index (χ1v) is 8.10. The molecule has 0 aromatic heterocycles. The Labute approximate surface area is 147 Å². The zero-order valence-electron chi connectivity index (χ0n) is 13.4. The number of imide groups is 1. The van der Waals surface area contributed by atoms with E-state index in [1.165, 1.54) is 24.3 Å². The fourth-order valence-electron chi connectivity index (χ4n) is 3.92. The van der Waals surface area contributed by atoms with Crippen molar-refractivity contribution in [2.75, 3.05) is 0 Å². The number of hydrogen-bond acceptors (Lipinski definition) is 7. The van der Waals surface area contributed by atoms with Crippen molar-refractivity contribution in [3.8, 4) is 0 Å². The number of rotatable bonds is 4. The van der Waals surface area contributed by atoms with Crippen molar-refractivity contribution in [2.45, 2.75) is 13.0 Å². The summed E-state index contributed by atoms with van der Waals surface area (Å²) in [5.41, 5.74) is 0.421. The molecule has 4 atom stereocenters. The van der Waals surface area contributed by atoms with Crippen molar-refractivity contribution in [3.63, 3.8) is 0 Å². The topological polar surface area (TPSA) is 116 Å². The molecule has 0 spiro atoms. The number of fused-ring (bicyclic) bond motifs is 5. The van der Waals surface area contributed by atoms with Crippen molar-refractivity contribution < 1.29 is 28.9 Å². The van der Waals surface area contributed by atoms with Gasteiger partial charge in [-0.1, -0.05) is 17.2 Å². The van der Waals surface area contributed by atoms with Crippen molar-refractivity contribution >= 4 is 23.7 Å². The number of nitro benzene ring substituents is 1. The minimum absolute atomic E-state index is 0.0196. The molecule has 4 rings (SSSR count). The van der Waals surface area contributed by atoms with Crippen LogP contribution >= 0.6 is 0 Å². The molecule has 2 aliphatic carbocycles. The molecule has 2 bridgehead atoms. The van der Waals surface area contributed by atoms with E-state index in [1.807, 2.05) is 12.2 Å². The summed E-state index contributed by atoms with van der Waals surface area (Å²) in [6, 6.07) is 5.43. The van der Waals surface area contributed by atoms with Gasteiger partial charge in [-0.15, -0.1) is 0 Å². The van der Waals surface area contributed by atoms with Gasteiger partial charge in [0.15, 0.2) is 0 Å². The van der Waals surface area contributed by atoms with Crippen LogP contribution in [-0.4, -0.2) is 28.0 Å². The van der Waals surface area contributed by atoms with Gasteiger partial charge < -0.3 is 4.74 Å². The van der Waals surface area contributed by atoms with E-state index in [0.29, 0.717) is 10.6 Å². The maximum atomic E-state index is 12.4. The molecule has 1 aliphatic heterocycles. The highest BCUT2D eigenvalue weighted by Gasteiger charge is 2.61. The van der Waals surface area contributed by atoms with Gasteiger partial charge in [-0.25, -0.2) is 4.79 Å². The molecule has 134 valence electrons. The number of hydroxylamine groups is 2. The summed E-state index contributed by atoms with van der Waals surface area (Å²) in [4.78, 5) is 51.4. The van der Waals surface area contributed by atoms with E-state index >= 15 is 0 Å². The Bertz CT molecular complexity index is 802. The molecule has 0 radical (unpaired) electrons. The average molecular weight is 358 g/mol. The van der Waals surface area contributed by atoms with Crippen LogP contribution in [0.4, 0.5) is 10.5 Å². The highest BCUT2D eigenvalue weighted by Crippen LogP contribution is 2.52. The molecular formula is C17H14N2O7. The lowest BCUT2D eigenvalue weighted by Gasteiger charge is -2.15. The van der Waals surface area contributed by atoms with Crippen LogP contribution in [0.3, 0.4) is 0 Å². The molecule has 9 nitrogen and oxygen atoms in total. The van der Waals surface area contributed by atoms with Gasteiger partial charge in [-0.2, -0.15) is 0 Å². The lowest BCUT2D eigenvalue weighted by molar-refractivity contribution is -0.384. The van der Waals surface area contributed by atoms with E-state index in [2.05, 4.69) is 0 Å². The molecule has 9 heteroatoms. The van der Waals surface area contributed by atoms with Gasteiger partial charge in [0.2, 0.25) is 0 Å². The van der Waals surface area contributed by atoms with Crippen LogP contribution in [0.25, 0.3) is 0 Å². The quantitative estimate of drug-likeness (QED) is 0.265. The fraction of sp³-hybridized carbons (Fsp3) is 0.353. The minimum Gasteiger partial charge on any atom is -0.428 e. The SMILES string of the molecule is O=C(OCc1ccc([N+](=O)[O-])cc1)ON1C(=O)[C@@H]2[C@@H](C1=O)[C@H]1C=C[C@H]2C1. The van der Waals surface area contributed by atoms with Crippen molar-refractivity contribution in [1.82, 2.24) is 5.06 Å². The molecule has 0 N–H and O–H groups in total. The van der Waals surface area contributed by atoms with E-state index in [9.17, 15) is 24.5 Å². The third-order valence-corrected chi connectivity index (χ3v) is 5.10. The molecule has 2 amide bonds. The summed E-state index contributed by atoms with van der Waals surface area (Å²) in [6.45, 7) is -0.202. The van der Waals surface area contributed by atoms with E-state index in [0.717, 1.165) is 6.42 Å². The van der Waals surface area contributed by atoms with Gasteiger partial charge in [0.25, 0.3) is 17.5 Å². The molecule has 3 aliphatic rings. The lowest BCUT2D eigenvalue weighted by Crippen LogP contribution is -2.35. The summed E-state index contributed by atoms with van der Waals surface area (Å²) < 4.78 is 4.89. The van der Waals surface area contributed by atoms with Crippen LogP contribution in [0.5, 0.6) is 0 Å². The van der Waals surface area contributed by atoms with Crippen molar-refractivity contribution in [1.29, 1.82) is 0 Å². The number of hydrogen-bond donors (Lipinski definition) is 0.